The van der Waals surface area contributed by atoms with Crippen LogP contribution in [0.1, 0.15) is 24.2 Å². The zero-order chi connectivity index (χ0) is 15.5. The molecule has 1 aliphatic heterocycles. The van der Waals surface area contributed by atoms with E-state index in [2.05, 4.69) is 30.2 Å². The third kappa shape index (κ3) is 3.41. The molecule has 3 rings (SSSR count). The Morgan fingerprint density at radius 1 is 1.27 bits per heavy atom. The fourth-order valence-corrected chi connectivity index (χ4v) is 2.74. The average molecular weight is 300 g/mol. The molecule has 0 saturated carbocycles. The molecule has 0 bridgehead atoms. The molecule has 0 amide bonds. The molecule has 3 heterocycles. The van der Waals surface area contributed by atoms with Crippen LogP contribution in [0.2, 0.25) is 0 Å². The molecule has 2 N–H and O–H groups in total. The largest absolute Gasteiger partial charge is 0.365 e. The number of H-pyrrole nitrogens is 1. The minimum Gasteiger partial charge on any atom is -0.365 e. The number of aryl methyl sites for hydroxylation is 2. The van der Waals surface area contributed by atoms with Gasteiger partial charge in [-0.05, 0) is 26.7 Å². The lowest BCUT2D eigenvalue weighted by Crippen LogP contribution is -2.43. The number of hydrogen-bond acceptors (Lipinski definition) is 6. The smallest absolute Gasteiger partial charge is 0.252 e. The highest BCUT2D eigenvalue weighted by atomic mass is 16.1. The van der Waals surface area contributed by atoms with Crippen LogP contribution in [-0.2, 0) is 0 Å². The van der Waals surface area contributed by atoms with Crippen LogP contribution < -0.4 is 15.8 Å². The monoisotopic (exact) mass is 300 g/mol. The van der Waals surface area contributed by atoms with Gasteiger partial charge in [0.1, 0.15) is 12.1 Å². The minimum absolute atomic E-state index is 0.107. The number of piperidine rings is 1. The maximum atomic E-state index is 11.6. The summed E-state index contributed by atoms with van der Waals surface area (Å²) >= 11 is 0. The predicted octanol–water partition coefficient (Wildman–Crippen LogP) is 1.26. The second-order valence-corrected chi connectivity index (χ2v) is 5.68. The van der Waals surface area contributed by atoms with Gasteiger partial charge in [-0.25, -0.2) is 15.0 Å². The molecule has 7 nitrogen and oxygen atoms in total. The lowest BCUT2D eigenvalue weighted by molar-refractivity contribution is 0.521. The quantitative estimate of drug-likeness (QED) is 0.887. The molecule has 0 spiro atoms. The molecule has 2 aromatic rings. The van der Waals surface area contributed by atoms with Crippen LogP contribution in [0.5, 0.6) is 0 Å². The van der Waals surface area contributed by atoms with E-state index in [-0.39, 0.29) is 11.6 Å². The van der Waals surface area contributed by atoms with Gasteiger partial charge in [0.2, 0.25) is 5.95 Å². The first kappa shape index (κ1) is 14.5. The second kappa shape index (κ2) is 6.13. The van der Waals surface area contributed by atoms with E-state index in [1.165, 1.54) is 6.07 Å². The molecule has 0 aromatic carbocycles. The Bertz CT molecular complexity index is 713. The Kier molecular flexibility index (Phi) is 4.04. The fourth-order valence-electron chi connectivity index (χ4n) is 2.74. The van der Waals surface area contributed by atoms with Gasteiger partial charge in [-0.3, -0.25) is 9.78 Å². The molecule has 1 aliphatic rings. The first-order chi connectivity index (χ1) is 10.6. The fraction of sp³-hybridized carbons (Fsp3) is 0.467. The third-order valence-electron chi connectivity index (χ3n) is 3.73. The van der Waals surface area contributed by atoms with Crippen LogP contribution >= 0.6 is 0 Å². The third-order valence-corrected chi connectivity index (χ3v) is 3.73. The number of hydrogen-bond donors (Lipinski definition) is 2. The molecule has 2 aromatic heterocycles. The number of aromatic nitrogens is 4. The number of rotatable bonds is 3. The predicted molar refractivity (Wildman–Crippen MR) is 85.2 cm³/mol. The van der Waals surface area contributed by atoms with E-state index in [1.807, 2.05) is 19.9 Å². The van der Waals surface area contributed by atoms with Crippen LogP contribution in [0.25, 0.3) is 0 Å². The molecule has 116 valence electrons. The van der Waals surface area contributed by atoms with Crippen molar-refractivity contribution in [3.8, 4) is 0 Å². The van der Waals surface area contributed by atoms with Crippen LogP contribution in [0.15, 0.2) is 23.3 Å². The highest BCUT2D eigenvalue weighted by molar-refractivity contribution is 5.38. The molecule has 22 heavy (non-hydrogen) atoms. The lowest BCUT2D eigenvalue weighted by Gasteiger charge is -2.33. The highest BCUT2D eigenvalue weighted by Crippen LogP contribution is 2.18. The Hall–Kier alpha value is -2.44. The Morgan fingerprint density at radius 2 is 2.14 bits per heavy atom. The highest BCUT2D eigenvalue weighted by Gasteiger charge is 2.22. The zero-order valence-corrected chi connectivity index (χ0v) is 12.8. The van der Waals surface area contributed by atoms with Crippen LogP contribution in [-0.4, -0.2) is 39.1 Å². The van der Waals surface area contributed by atoms with Gasteiger partial charge in [-0.1, -0.05) is 0 Å². The number of nitrogens with one attached hydrogen (secondary N) is 2. The van der Waals surface area contributed by atoms with Crippen molar-refractivity contribution in [3.63, 3.8) is 0 Å². The van der Waals surface area contributed by atoms with Gasteiger partial charge in [0, 0.05) is 42.7 Å². The van der Waals surface area contributed by atoms with Crippen molar-refractivity contribution in [1.29, 1.82) is 0 Å². The van der Waals surface area contributed by atoms with Crippen molar-refractivity contribution < 1.29 is 0 Å². The van der Waals surface area contributed by atoms with Crippen molar-refractivity contribution >= 4 is 11.8 Å². The van der Waals surface area contributed by atoms with E-state index in [9.17, 15) is 4.79 Å². The summed E-state index contributed by atoms with van der Waals surface area (Å²) in [6.07, 6.45) is 3.67. The second-order valence-electron chi connectivity index (χ2n) is 5.68. The van der Waals surface area contributed by atoms with Gasteiger partial charge in [0.15, 0.2) is 0 Å². The van der Waals surface area contributed by atoms with E-state index in [1.54, 1.807) is 6.33 Å². The van der Waals surface area contributed by atoms with Crippen molar-refractivity contribution in [2.75, 3.05) is 23.3 Å². The van der Waals surface area contributed by atoms with E-state index < -0.39 is 0 Å². The number of nitrogens with zero attached hydrogens (tertiary/aromatic N) is 4. The molecule has 1 atom stereocenters. The molecule has 1 unspecified atom stereocenters. The van der Waals surface area contributed by atoms with E-state index in [4.69, 9.17) is 0 Å². The zero-order valence-electron chi connectivity index (χ0n) is 12.8. The van der Waals surface area contributed by atoms with Gasteiger partial charge < -0.3 is 10.2 Å². The summed E-state index contributed by atoms with van der Waals surface area (Å²) in [7, 11) is 0. The first-order valence-corrected chi connectivity index (χ1v) is 7.48. The summed E-state index contributed by atoms with van der Waals surface area (Å²) in [4.78, 5) is 29.3. The van der Waals surface area contributed by atoms with Gasteiger partial charge in [-0.2, -0.15) is 0 Å². The maximum Gasteiger partial charge on any atom is 0.252 e. The number of aromatic amines is 1. The SMILES string of the molecule is Cc1cc(NC2CCCN(c3nc(C)cc(=O)[nH]3)C2)ncn1. The topological polar surface area (TPSA) is 86.8 Å². The van der Waals surface area contributed by atoms with Crippen molar-refractivity contribution in [3.05, 3.63) is 40.2 Å². The summed E-state index contributed by atoms with van der Waals surface area (Å²) in [5.41, 5.74) is 1.57. The summed E-state index contributed by atoms with van der Waals surface area (Å²) in [5.74, 6) is 1.49. The van der Waals surface area contributed by atoms with Crippen LogP contribution in [0.3, 0.4) is 0 Å². The molecule has 1 fully saturated rings. The standard InChI is InChI=1S/C15H20N6O/c1-10-6-13(17-9-16-10)19-12-4-3-5-21(8-12)15-18-11(2)7-14(22)20-15/h6-7,9,12H,3-5,8H2,1-2H3,(H,16,17,19)(H,18,20,22). The summed E-state index contributed by atoms with van der Waals surface area (Å²) in [6, 6.07) is 3.72. The van der Waals surface area contributed by atoms with E-state index >= 15 is 0 Å². The normalized spacial score (nSPS) is 18.3. The summed E-state index contributed by atoms with van der Waals surface area (Å²) < 4.78 is 0. The summed E-state index contributed by atoms with van der Waals surface area (Å²) in [6.45, 7) is 5.46. The van der Waals surface area contributed by atoms with Crippen LogP contribution in [0, 0.1) is 13.8 Å². The summed E-state index contributed by atoms with van der Waals surface area (Å²) in [5, 5.41) is 3.44. The van der Waals surface area contributed by atoms with Crippen molar-refractivity contribution in [2.45, 2.75) is 32.7 Å². The molecular formula is C15H20N6O. The molecule has 0 radical (unpaired) electrons. The average Bonchev–Trinajstić information content (AvgIpc) is 2.46. The van der Waals surface area contributed by atoms with Crippen molar-refractivity contribution in [2.24, 2.45) is 0 Å². The first-order valence-electron chi connectivity index (χ1n) is 7.48. The lowest BCUT2D eigenvalue weighted by atomic mass is 10.1. The minimum atomic E-state index is -0.107. The molecule has 1 saturated heterocycles. The van der Waals surface area contributed by atoms with E-state index in [0.717, 1.165) is 43.1 Å². The number of anilines is 2. The molecule has 7 heteroatoms. The maximum absolute atomic E-state index is 11.6. The van der Waals surface area contributed by atoms with Gasteiger partial charge in [0.25, 0.3) is 5.56 Å². The van der Waals surface area contributed by atoms with Gasteiger partial charge in [-0.15, -0.1) is 0 Å². The Morgan fingerprint density at radius 3 is 2.91 bits per heavy atom. The van der Waals surface area contributed by atoms with E-state index in [0.29, 0.717) is 5.95 Å². The Balaban J connectivity index is 1.72. The molecule has 0 aliphatic carbocycles. The molecular weight excluding hydrogens is 280 g/mol. The van der Waals surface area contributed by atoms with Gasteiger partial charge >= 0.3 is 0 Å². The van der Waals surface area contributed by atoms with Gasteiger partial charge in [0.05, 0.1) is 0 Å². The van der Waals surface area contributed by atoms with Crippen LogP contribution in [0.4, 0.5) is 11.8 Å². The van der Waals surface area contributed by atoms with Crippen molar-refractivity contribution in [1.82, 2.24) is 19.9 Å². The Labute approximate surface area is 128 Å².